The maximum Gasteiger partial charge on any atom is 0.573 e. The van der Waals surface area contributed by atoms with Crippen molar-refractivity contribution in [3.05, 3.63) is 29.8 Å². The van der Waals surface area contributed by atoms with Gasteiger partial charge in [0.2, 0.25) is 0 Å². The van der Waals surface area contributed by atoms with Crippen LogP contribution in [0.1, 0.15) is 18.4 Å². The van der Waals surface area contributed by atoms with Gasteiger partial charge in [0.05, 0.1) is 13.0 Å². The highest BCUT2D eigenvalue weighted by Gasteiger charge is 2.31. The summed E-state index contributed by atoms with van der Waals surface area (Å²) in [6.07, 6.45) is -4.71. The Labute approximate surface area is 96.1 Å². The number of benzene rings is 1. The first-order chi connectivity index (χ1) is 7.83. The molecule has 0 aliphatic heterocycles. The summed E-state index contributed by atoms with van der Waals surface area (Å²) >= 11 is 0. The van der Waals surface area contributed by atoms with E-state index < -0.39 is 18.2 Å². The highest BCUT2D eigenvalue weighted by molar-refractivity contribution is 5.77. The molecule has 3 nitrogen and oxygen atoms in total. The second-order valence-electron chi connectivity index (χ2n) is 3.36. The van der Waals surface area contributed by atoms with Crippen molar-refractivity contribution >= 4 is 5.97 Å². The van der Waals surface area contributed by atoms with E-state index in [1.165, 1.54) is 19.2 Å². The van der Waals surface area contributed by atoms with E-state index in [1.54, 1.807) is 6.92 Å². The topological polar surface area (TPSA) is 35.5 Å². The van der Waals surface area contributed by atoms with E-state index in [0.717, 1.165) is 12.1 Å². The molecular weight excluding hydrogens is 237 g/mol. The van der Waals surface area contributed by atoms with Gasteiger partial charge in [0.1, 0.15) is 5.75 Å². The van der Waals surface area contributed by atoms with Crippen LogP contribution in [0.15, 0.2) is 24.3 Å². The molecule has 0 heterocycles. The molecule has 1 unspecified atom stereocenters. The Morgan fingerprint density at radius 1 is 1.24 bits per heavy atom. The molecule has 0 N–H and O–H groups in total. The number of hydrogen-bond acceptors (Lipinski definition) is 3. The van der Waals surface area contributed by atoms with Crippen molar-refractivity contribution in [2.24, 2.45) is 0 Å². The van der Waals surface area contributed by atoms with Crippen LogP contribution in [0.25, 0.3) is 0 Å². The zero-order valence-electron chi connectivity index (χ0n) is 9.25. The molecule has 0 fully saturated rings. The quantitative estimate of drug-likeness (QED) is 0.771. The largest absolute Gasteiger partial charge is 0.573 e. The van der Waals surface area contributed by atoms with Crippen molar-refractivity contribution < 1.29 is 27.4 Å². The summed E-state index contributed by atoms with van der Waals surface area (Å²) in [5, 5.41) is 0. The van der Waals surface area contributed by atoms with E-state index in [4.69, 9.17) is 0 Å². The number of alkyl halides is 3. The summed E-state index contributed by atoms with van der Waals surface area (Å²) in [5.74, 6) is -1.30. The average molecular weight is 248 g/mol. The number of rotatable bonds is 3. The molecule has 6 heteroatoms. The van der Waals surface area contributed by atoms with E-state index in [0.29, 0.717) is 5.56 Å². The Kier molecular flexibility index (Phi) is 3.98. The third-order valence-electron chi connectivity index (χ3n) is 2.17. The molecule has 0 aliphatic carbocycles. The van der Waals surface area contributed by atoms with Gasteiger partial charge < -0.3 is 9.47 Å². The molecule has 1 aromatic rings. The van der Waals surface area contributed by atoms with Crippen LogP contribution < -0.4 is 4.74 Å². The standard InChI is InChI=1S/C11H11F3O3/c1-7(10(15)16-2)8-3-5-9(6-4-8)17-11(12,13)14/h3-7H,1-2H3. The van der Waals surface area contributed by atoms with E-state index in [9.17, 15) is 18.0 Å². The molecule has 1 rings (SSSR count). The molecule has 0 aromatic heterocycles. The summed E-state index contributed by atoms with van der Waals surface area (Å²) in [6, 6.07) is 5.09. The Morgan fingerprint density at radius 3 is 2.18 bits per heavy atom. The molecule has 0 saturated carbocycles. The van der Waals surface area contributed by atoms with Crippen LogP contribution in [0, 0.1) is 0 Å². The Balaban J connectivity index is 2.78. The van der Waals surface area contributed by atoms with Crippen LogP contribution in [-0.2, 0) is 9.53 Å². The molecule has 94 valence electrons. The number of carbonyl (C=O) groups is 1. The van der Waals surface area contributed by atoms with Gasteiger partial charge in [0.15, 0.2) is 0 Å². The Bertz CT molecular complexity index is 384. The van der Waals surface area contributed by atoms with Gasteiger partial charge in [0, 0.05) is 0 Å². The molecule has 1 aromatic carbocycles. The van der Waals surface area contributed by atoms with Crippen LogP contribution in [0.5, 0.6) is 5.75 Å². The van der Waals surface area contributed by atoms with Crippen molar-refractivity contribution in [3.8, 4) is 5.75 Å². The fraction of sp³-hybridized carbons (Fsp3) is 0.364. The summed E-state index contributed by atoms with van der Waals surface area (Å²) in [6.45, 7) is 1.60. The molecule has 0 aliphatic rings. The zero-order valence-corrected chi connectivity index (χ0v) is 9.25. The van der Waals surface area contributed by atoms with Crippen LogP contribution >= 0.6 is 0 Å². The number of ether oxygens (including phenoxy) is 2. The Morgan fingerprint density at radius 2 is 1.76 bits per heavy atom. The lowest BCUT2D eigenvalue weighted by molar-refractivity contribution is -0.274. The fourth-order valence-electron chi connectivity index (χ4n) is 1.27. The van der Waals surface area contributed by atoms with Gasteiger partial charge in [-0.05, 0) is 24.6 Å². The monoisotopic (exact) mass is 248 g/mol. The maximum atomic E-state index is 11.9. The molecule has 1 atom stereocenters. The summed E-state index contributed by atoms with van der Waals surface area (Å²) in [5.41, 5.74) is 0.561. The van der Waals surface area contributed by atoms with Crippen LogP contribution in [0.3, 0.4) is 0 Å². The molecule has 0 amide bonds. The van der Waals surface area contributed by atoms with Gasteiger partial charge in [-0.2, -0.15) is 0 Å². The second-order valence-corrected chi connectivity index (χ2v) is 3.36. The van der Waals surface area contributed by atoms with Crippen molar-refractivity contribution in [1.82, 2.24) is 0 Å². The predicted octanol–water partition coefficient (Wildman–Crippen LogP) is 2.86. The molecule has 0 spiro atoms. The van der Waals surface area contributed by atoms with E-state index in [-0.39, 0.29) is 5.75 Å². The molecule has 0 radical (unpaired) electrons. The second kappa shape index (κ2) is 5.07. The number of hydrogen-bond donors (Lipinski definition) is 0. The summed E-state index contributed by atoms with van der Waals surface area (Å²) < 4.78 is 43.9. The summed E-state index contributed by atoms with van der Waals surface area (Å²) in [4.78, 5) is 11.2. The van der Waals surface area contributed by atoms with Gasteiger partial charge in [-0.3, -0.25) is 4.79 Å². The smallest absolute Gasteiger partial charge is 0.469 e. The minimum atomic E-state index is -4.71. The van der Waals surface area contributed by atoms with Crippen molar-refractivity contribution in [3.63, 3.8) is 0 Å². The average Bonchev–Trinajstić information content (AvgIpc) is 2.26. The molecular formula is C11H11F3O3. The SMILES string of the molecule is COC(=O)C(C)c1ccc(OC(F)(F)F)cc1. The minimum Gasteiger partial charge on any atom is -0.469 e. The van der Waals surface area contributed by atoms with E-state index in [2.05, 4.69) is 9.47 Å². The fourth-order valence-corrected chi connectivity index (χ4v) is 1.27. The minimum absolute atomic E-state index is 0.321. The highest BCUT2D eigenvalue weighted by atomic mass is 19.4. The third kappa shape index (κ3) is 3.97. The van der Waals surface area contributed by atoms with Gasteiger partial charge >= 0.3 is 12.3 Å². The number of methoxy groups -OCH3 is 1. The van der Waals surface area contributed by atoms with Gasteiger partial charge in [-0.1, -0.05) is 12.1 Å². The van der Waals surface area contributed by atoms with Gasteiger partial charge in [0.25, 0.3) is 0 Å². The lowest BCUT2D eigenvalue weighted by Gasteiger charge is -2.11. The van der Waals surface area contributed by atoms with Crippen molar-refractivity contribution in [2.45, 2.75) is 19.2 Å². The van der Waals surface area contributed by atoms with E-state index in [1.807, 2.05) is 0 Å². The lowest BCUT2D eigenvalue weighted by atomic mass is 10.0. The van der Waals surface area contributed by atoms with Crippen LogP contribution in [-0.4, -0.2) is 19.4 Å². The molecule has 0 saturated heterocycles. The number of halogens is 3. The maximum absolute atomic E-state index is 11.9. The van der Waals surface area contributed by atoms with Crippen LogP contribution in [0.4, 0.5) is 13.2 Å². The van der Waals surface area contributed by atoms with Crippen molar-refractivity contribution in [2.75, 3.05) is 7.11 Å². The van der Waals surface area contributed by atoms with Crippen molar-refractivity contribution in [1.29, 1.82) is 0 Å². The van der Waals surface area contributed by atoms with Gasteiger partial charge in [-0.25, -0.2) is 0 Å². The Hall–Kier alpha value is -1.72. The summed E-state index contributed by atoms with van der Waals surface area (Å²) in [7, 11) is 1.25. The predicted molar refractivity (Wildman–Crippen MR) is 53.6 cm³/mol. The first-order valence-corrected chi connectivity index (χ1v) is 4.77. The lowest BCUT2D eigenvalue weighted by Crippen LogP contribution is -2.17. The molecule has 17 heavy (non-hydrogen) atoms. The van der Waals surface area contributed by atoms with Gasteiger partial charge in [-0.15, -0.1) is 13.2 Å². The number of carbonyl (C=O) groups excluding carboxylic acids is 1. The highest BCUT2D eigenvalue weighted by Crippen LogP contribution is 2.25. The normalized spacial score (nSPS) is 13.0. The molecule has 0 bridgehead atoms. The van der Waals surface area contributed by atoms with Crippen LogP contribution in [0.2, 0.25) is 0 Å². The van der Waals surface area contributed by atoms with E-state index >= 15 is 0 Å². The third-order valence-corrected chi connectivity index (χ3v) is 2.17. The zero-order chi connectivity index (χ0) is 13.1. The first kappa shape index (κ1) is 13.3. The number of esters is 1. The first-order valence-electron chi connectivity index (χ1n) is 4.77.